The lowest BCUT2D eigenvalue weighted by molar-refractivity contribution is -0.141. The molecule has 7 nitrogen and oxygen atoms in total. The number of hydrogen-bond acceptors (Lipinski definition) is 4. The van der Waals surface area contributed by atoms with Gasteiger partial charge >= 0.3 is 0 Å². The molecular weight excluding hydrogens is 521 g/mol. The summed E-state index contributed by atoms with van der Waals surface area (Å²) in [7, 11) is -3.57. The summed E-state index contributed by atoms with van der Waals surface area (Å²) in [5, 5.41) is 3.98. The molecule has 0 bridgehead atoms. The van der Waals surface area contributed by atoms with Gasteiger partial charge < -0.3 is 10.2 Å². The SMILES string of the molecule is CC[C@H](C)NC(=O)[C@H](CC)N(Cc1ccccc1Cl)C(=O)CCCN(c1ccc(Cl)cc1)S(C)(=O)=O. The van der Waals surface area contributed by atoms with Gasteiger partial charge in [-0.3, -0.25) is 13.9 Å². The smallest absolute Gasteiger partial charge is 0.243 e. The van der Waals surface area contributed by atoms with Gasteiger partial charge in [0.25, 0.3) is 0 Å². The molecule has 2 rings (SSSR count). The van der Waals surface area contributed by atoms with Crippen molar-refractivity contribution in [3.8, 4) is 0 Å². The van der Waals surface area contributed by atoms with Crippen LogP contribution in [-0.2, 0) is 26.2 Å². The number of nitrogens with zero attached hydrogens (tertiary/aromatic N) is 2. The zero-order chi connectivity index (χ0) is 26.9. The number of benzene rings is 2. The zero-order valence-electron chi connectivity index (χ0n) is 21.2. The highest BCUT2D eigenvalue weighted by Gasteiger charge is 2.29. The van der Waals surface area contributed by atoms with Crippen LogP contribution in [-0.4, -0.2) is 50.0 Å². The Balaban J connectivity index is 2.23. The summed E-state index contributed by atoms with van der Waals surface area (Å²) in [5.41, 5.74) is 1.21. The standard InChI is InChI=1S/C26H35Cl2N3O4S/c1-5-19(3)29-26(33)24(6-2)30(18-20-10-7-8-11-23(20)28)25(32)12-9-17-31(36(4,34)35)22-15-13-21(27)14-16-22/h7-8,10-11,13-16,19,24H,5-6,9,12,17-18H2,1-4H3,(H,29,33)/t19-,24-/m0/s1. The van der Waals surface area contributed by atoms with E-state index >= 15 is 0 Å². The van der Waals surface area contributed by atoms with Crippen LogP contribution in [0.5, 0.6) is 0 Å². The van der Waals surface area contributed by atoms with Crippen LogP contribution in [0.25, 0.3) is 0 Å². The molecule has 36 heavy (non-hydrogen) atoms. The van der Waals surface area contributed by atoms with Crippen molar-refractivity contribution in [2.24, 2.45) is 0 Å². The number of rotatable bonds is 13. The molecule has 0 aliphatic heterocycles. The van der Waals surface area contributed by atoms with Crippen molar-refractivity contribution in [3.63, 3.8) is 0 Å². The molecule has 0 heterocycles. The Morgan fingerprint density at radius 1 is 1.00 bits per heavy atom. The Morgan fingerprint density at radius 2 is 1.64 bits per heavy atom. The van der Waals surface area contributed by atoms with Crippen LogP contribution in [0.3, 0.4) is 0 Å². The van der Waals surface area contributed by atoms with Gasteiger partial charge in [-0.25, -0.2) is 8.42 Å². The van der Waals surface area contributed by atoms with Gasteiger partial charge in [0.2, 0.25) is 21.8 Å². The van der Waals surface area contributed by atoms with E-state index in [0.29, 0.717) is 22.2 Å². The third kappa shape index (κ3) is 8.68. The minimum absolute atomic E-state index is 0.0217. The molecule has 2 amide bonds. The van der Waals surface area contributed by atoms with E-state index in [4.69, 9.17) is 23.2 Å². The zero-order valence-corrected chi connectivity index (χ0v) is 23.5. The molecule has 198 valence electrons. The molecule has 0 spiro atoms. The van der Waals surface area contributed by atoms with Gasteiger partial charge in [-0.1, -0.05) is 55.2 Å². The van der Waals surface area contributed by atoms with E-state index in [0.717, 1.165) is 18.2 Å². The summed E-state index contributed by atoms with van der Waals surface area (Å²) in [6, 6.07) is 13.0. The summed E-state index contributed by atoms with van der Waals surface area (Å²) in [6.07, 6.45) is 2.67. The molecule has 0 saturated heterocycles. The highest BCUT2D eigenvalue weighted by molar-refractivity contribution is 7.92. The van der Waals surface area contributed by atoms with E-state index in [1.165, 1.54) is 4.31 Å². The van der Waals surface area contributed by atoms with Gasteiger partial charge in [0, 0.05) is 35.6 Å². The van der Waals surface area contributed by atoms with Gasteiger partial charge in [-0.15, -0.1) is 0 Å². The number of hydrogen-bond donors (Lipinski definition) is 1. The molecule has 0 aromatic heterocycles. The summed E-state index contributed by atoms with van der Waals surface area (Å²) in [4.78, 5) is 28.1. The van der Waals surface area contributed by atoms with E-state index < -0.39 is 16.1 Å². The first-order valence-electron chi connectivity index (χ1n) is 12.0. The number of amides is 2. The predicted molar refractivity (Wildman–Crippen MR) is 147 cm³/mol. The minimum Gasteiger partial charge on any atom is -0.352 e. The number of halogens is 2. The molecule has 0 aliphatic carbocycles. The second-order valence-corrected chi connectivity index (χ2v) is 11.5. The summed E-state index contributed by atoms with van der Waals surface area (Å²) < 4.78 is 26.1. The molecule has 2 atom stereocenters. The van der Waals surface area contributed by atoms with Gasteiger partial charge in [0.15, 0.2) is 0 Å². The number of nitrogens with one attached hydrogen (secondary N) is 1. The lowest BCUT2D eigenvalue weighted by atomic mass is 10.1. The maximum absolute atomic E-state index is 13.4. The third-order valence-corrected chi connectivity index (χ3v) is 7.77. The normalized spacial score (nSPS) is 13.1. The molecular formula is C26H35Cl2N3O4S. The van der Waals surface area contributed by atoms with Gasteiger partial charge in [0.1, 0.15) is 6.04 Å². The van der Waals surface area contributed by atoms with Crippen LogP contribution in [0.2, 0.25) is 10.0 Å². The second-order valence-electron chi connectivity index (χ2n) is 8.77. The van der Waals surface area contributed by atoms with E-state index in [-0.39, 0.29) is 43.8 Å². The lowest BCUT2D eigenvalue weighted by Crippen LogP contribution is -2.50. The number of sulfonamides is 1. The fourth-order valence-electron chi connectivity index (χ4n) is 3.78. The highest BCUT2D eigenvalue weighted by Crippen LogP contribution is 2.23. The topological polar surface area (TPSA) is 86.8 Å². The Bertz CT molecular complexity index is 1130. The fraction of sp³-hybridized carbons (Fsp3) is 0.462. The monoisotopic (exact) mass is 555 g/mol. The van der Waals surface area contributed by atoms with Crippen LogP contribution < -0.4 is 9.62 Å². The maximum Gasteiger partial charge on any atom is 0.243 e. The predicted octanol–water partition coefficient (Wildman–Crippen LogP) is 5.26. The molecule has 1 N–H and O–H groups in total. The van der Waals surface area contributed by atoms with Crippen molar-refractivity contribution in [2.45, 2.75) is 65.1 Å². The van der Waals surface area contributed by atoms with E-state index in [9.17, 15) is 18.0 Å². The van der Waals surface area contributed by atoms with Crippen molar-refractivity contribution >= 4 is 50.7 Å². The van der Waals surface area contributed by atoms with Crippen molar-refractivity contribution in [1.29, 1.82) is 0 Å². The molecule has 0 saturated carbocycles. The average Bonchev–Trinajstić information content (AvgIpc) is 2.82. The molecule has 0 fully saturated rings. The Morgan fingerprint density at radius 3 is 2.19 bits per heavy atom. The molecule has 0 aliphatic rings. The Kier molecular flexibility index (Phi) is 11.5. The summed E-state index contributed by atoms with van der Waals surface area (Å²) in [6.45, 7) is 6.05. The first-order valence-corrected chi connectivity index (χ1v) is 14.6. The molecule has 2 aromatic carbocycles. The van der Waals surface area contributed by atoms with E-state index in [1.807, 2.05) is 39.0 Å². The van der Waals surface area contributed by atoms with Crippen molar-refractivity contribution in [3.05, 3.63) is 64.1 Å². The van der Waals surface area contributed by atoms with E-state index in [2.05, 4.69) is 5.32 Å². The van der Waals surface area contributed by atoms with Gasteiger partial charge in [-0.05, 0) is 62.1 Å². The Hall–Kier alpha value is -2.29. The van der Waals surface area contributed by atoms with Crippen LogP contribution in [0.4, 0.5) is 5.69 Å². The molecule has 2 aromatic rings. The van der Waals surface area contributed by atoms with Crippen molar-refractivity contribution in [1.82, 2.24) is 10.2 Å². The first kappa shape index (κ1) is 29.9. The van der Waals surface area contributed by atoms with Crippen LogP contribution >= 0.6 is 23.2 Å². The first-order chi connectivity index (χ1) is 17.0. The molecule has 10 heteroatoms. The minimum atomic E-state index is -3.57. The van der Waals surface area contributed by atoms with Crippen LogP contribution in [0.15, 0.2) is 48.5 Å². The lowest BCUT2D eigenvalue weighted by Gasteiger charge is -2.32. The molecule has 0 radical (unpaired) electrons. The van der Waals surface area contributed by atoms with Gasteiger partial charge in [0.05, 0.1) is 11.9 Å². The van der Waals surface area contributed by atoms with Crippen molar-refractivity contribution < 1.29 is 18.0 Å². The summed E-state index contributed by atoms with van der Waals surface area (Å²) >= 11 is 12.3. The molecule has 0 unspecified atom stereocenters. The van der Waals surface area contributed by atoms with Crippen LogP contribution in [0.1, 0.15) is 52.0 Å². The number of anilines is 1. The van der Waals surface area contributed by atoms with Crippen molar-refractivity contribution in [2.75, 3.05) is 17.1 Å². The van der Waals surface area contributed by atoms with Gasteiger partial charge in [-0.2, -0.15) is 0 Å². The maximum atomic E-state index is 13.4. The van der Waals surface area contributed by atoms with Crippen LogP contribution in [0, 0.1) is 0 Å². The fourth-order valence-corrected chi connectivity index (χ4v) is 5.07. The average molecular weight is 557 g/mol. The number of carbonyl (C=O) groups is 2. The largest absolute Gasteiger partial charge is 0.352 e. The quantitative estimate of drug-likeness (QED) is 0.365. The summed E-state index contributed by atoms with van der Waals surface area (Å²) in [5.74, 6) is -0.461. The van der Waals surface area contributed by atoms with E-state index in [1.54, 1.807) is 35.2 Å². The third-order valence-electron chi connectivity index (χ3n) is 5.95. The second kappa shape index (κ2) is 13.9. The number of carbonyl (C=O) groups excluding carboxylic acids is 2. The Labute approximate surface area is 224 Å². The highest BCUT2D eigenvalue weighted by atomic mass is 35.5.